The fourth-order valence-electron chi connectivity index (χ4n) is 2.38. The zero-order valence-electron chi connectivity index (χ0n) is 10.4. The summed E-state index contributed by atoms with van der Waals surface area (Å²) in [5.41, 5.74) is 7.26. The number of aliphatic hydroxyl groups is 1. The van der Waals surface area contributed by atoms with E-state index in [1.54, 1.807) is 12.1 Å². The summed E-state index contributed by atoms with van der Waals surface area (Å²) < 4.78 is 0. The number of carbonyl (C=O) groups excluding carboxylic acids is 1. The molecule has 2 unspecified atom stereocenters. The fourth-order valence-corrected chi connectivity index (χ4v) is 2.38. The molecule has 4 nitrogen and oxygen atoms in total. The van der Waals surface area contributed by atoms with Gasteiger partial charge in [-0.15, -0.1) is 0 Å². The lowest BCUT2D eigenvalue weighted by atomic mass is 10.1. The molecule has 1 aromatic carbocycles. The predicted molar refractivity (Wildman–Crippen MR) is 70.9 cm³/mol. The number of hydrogen-bond donors (Lipinski definition) is 3. The van der Waals surface area contributed by atoms with Crippen LogP contribution in [0, 0.1) is 5.92 Å². The lowest BCUT2D eigenvalue weighted by Gasteiger charge is -2.11. The Balaban J connectivity index is 1.73. The summed E-state index contributed by atoms with van der Waals surface area (Å²) in [6.07, 6.45) is 2.88. The van der Waals surface area contributed by atoms with Crippen LogP contribution in [0.4, 0.5) is 5.69 Å². The third-order valence-corrected chi connectivity index (χ3v) is 3.45. The van der Waals surface area contributed by atoms with E-state index in [4.69, 9.17) is 5.73 Å². The number of amides is 1. The van der Waals surface area contributed by atoms with Crippen LogP contribution < -0.4 is 11.1 Å². The highest BCUT2D eigenvalue weighted by Crippen LogP contribution is 2.24. The molecule has 0 saturated heterocycles. The molecule has 1 fully saturated rings. The molecule has 0 heterocycles. The van der Waals surface area contributed by atoms with Crippen molar-refractivity contribution in [2.45, 2.75) is 31.8 Å². The Kier molecular flexibility index (Phi) is 4.20. The van der Waals surface area contributed by atoms with Gasteiger partial charge in [-0.05, 0) is 42.9 Å². The van der Waals surface area contributed by atoms with Crippen LogP contribution in [0.3, 0.4) is 0 Å². The minimum absolute atomic E-state index is 0.0289. The Hall–Kier alpha value is -1.55. The monoisotopic (exact) mass is 248 g/mol. The average molecular weight is 248 g/mol. The molecule has 0 radical (unpaired) electrons. The maximum absolute atomic E-state index is 11.7. The largest absolute Gasteiger partial charge is 0.399 e. The van der Waals surface area contributed by atoms with Gasteiger partial charge in [0.1, 0.15) is 0 Å². The smallest absolute Gasteiger partial charge is 0.224 e. The molecule has 98 valence electrons. The van der Waals surface area contributed by atoms with Gasteiger partial charge in [-0.3, -0.25) is 4.79 Å². The van der Waals surface area contributed by atoms with Gasteiger partial charge >= 0.3 is 0 Å². The van der Waals surface area contributed by atoms with Gasteiger partial charge in [0.05, 0.1) is 12.5 Å². The quantitative estimate of drug-likeness (QED) is 0.698. The third-order valence-electron chi connectivity index (χ3n) is 3.45. The predicted octanol–water partition coefficient (Wildman–Crippen LogP) is 1.09. The first-order chi connectivity index (χ1) is 8.63. The summed E-state index contributed by atoms with van der Waals surface area (Å²) in [6, 6.07) is 7.34. The second kappa shape index (κ2) is 5.87. The van der Waals surface area contributed by atoms with Crippen molar-refractivity contribution in [3.8, 4) is 0 Å². The maximum atomic E-state index is 11.7. The van der Waals surface area contributed by atoms with Gasteiger partial charge in [0, 0.05) is 12.2 Å². The number of nitrogen functional groups attached to an aromatic ring is 1. The normalized spacial score (nSPS) is 22.9. The van der Waals surface area contributed by atoms with Crippen LogP contribution >= 0.6 is 0 Å². The zero-order valence-corrected chi connectivity index (χ0v) is 10.4. The van der Waals surface area contributed by atoms with Gasteiger partial charge in [0.25, 0.3) is 0 Å². The van der Waals surface area contributed by atoms with E-state index in [0.29, 0.717) is 24.6 Å². The van der Waals surface area contributed by atoms with Crippen LogP contribution in [0.25, 0.3) is 0 Å². The van der Waals surface area contributed by atoms with Crippen molar-refractivity contribution in [2.75, 3.05) is 12.3 Å². The summed E-state index contributed by atoms with van der Waals surface area (Å²) in [4.78, 5) is 11.7. The Morgan fingerprint density at radius 3 is 2.67 bits per heavy atom. The van der Waals surface area contributed by atoms with Gasteiger partial charge in [0.2, 0.25) is 5.91 Å². The van der Waals surface area contributed by atoms with Gasteiger partial charge in [-0.2, -0.15) is 0 Å². The maximum Gasteiger partial charge on any atom is 0.224 e. The van der Waals surface area contributed by atoms with Gasteiger partial charge in [-0.25, -0.2) is 0 Å². The first kappa shape index (κ1) is 12.9. The van der Waals surface area contributed by atoms with E-state index in [9.17, 15) is 9.90 Å². The molecule has 0 aliphatic heterocycles. The fraction of sp³-hybridized carbons (Fsp3) is 0.500. The average Bonchev–Trinajstić information content (AvgIpc) is 2.76. The second-order valence-electron chi connectivity index (χ2n) is 5.06. The Morgan fingerprint density at radius 2 is 2.06 bits per heavy atom. The molecule has 1 aromatic rings. The number of nitrogens with one attached hydrogen (secondary N) is 1. The summed E-state index contributed by atoms with van der Waals surface area (Å²) in [7, 11) is 0. The lowest BCUT2D eigenvalue weighted by Crippen LogP contribution is -2.29. The molecule has 2 rings (SSSR count). The molecular weight excluding hydrogens is 228 g/mol. The molecule has 1 aliphatic rings. The van der Waals surface area contributed by atoms with Gasteiger partial charge in [-0.1, -0.05) is 12.1 Å². The topological polar surface area (TPSA) is 75.4 Å². The van der Waals surface area contributed by atoms with Crippen LogP contribution in [0.2, 0.25) is 0 Å². The van der Waals surface area contributed by atoms with Crippen LogP contribution in [0.1, 0.15) is 24.8 Å². The summed E-state index contributed by atoms with van der Waals surface area (Å²) in [6.45, 7) is 0.671. The number of hydrogen-bond acceptors (Lipinski definition) is 3. The van der Waals surface area contributed by atoms with Crippen molar-refractivity contribution in [1.82, 2.24) is 5.32 Å². The molecule has 0 spiro atoms. The van der Waals surface area contributed by atoms with E-state index in [0.717, 1.165) is 24.8 Å². The van der Waals surface area contributed by atoms with Crippen LogP contribution in [0.5, 0.6) is 0 Å². The minimum Gasteiger partial charge on any atom is -0.399 e. The molecule has 18 heavy (non-hydrogen) atoms. The zero-order chi connectivity index (χ0) is 13.0. The first-order valence-electron chi connectivity index (χ1n) is 6.42. The lowest BCUT2D eigenvalue weighted by molar-refractivity contribution is -0.120. The Morgan fingerprint density at radius 1 is 1.33 bits per heavy atom. The molecule has 1 saturated carbocycles. The number of rotatable bonds is 4. The molecule has 4 N–H and O–H groups in total. The highest BCUT2D eigenvalue weighted by Gasteiger charge is 2.22. The third kappa shape index (κ3) is 3.74. The number of nitrogens with two attached hydrogens (primary N) is 1. The van der Waals surface area contributed by atoms with E-state index in [-0.39, 0.29) is 12.0 Å². The molecule has 1 amide bonds. The molecular formula is C14H20N2O2. The molecule has 2 atom stereocenters. The SMILES string of the molecule is Nc1ccc(CC(=O)NCC2CCC(O)C2)cc1. The van der Waals surface area contributed by atoms with Crippen LogP contribution in [-0.2, 0) is 11.2 Å². The van der Waals surface area contributed by atoms with Gasteiger partial charge < -0.3 is 16.2 Å². The molecule has 1 aliphatic carbocycles. The number of aliphatic hydroxyl groups excluding tert-OH is 1. The molecule has 0 aromatic heterocycles. The highest BCUT2D eigenvalue weighted by molar-refractivity contribution is 5.78. The first-order valence-corrected chi connectivity index (χ1v) is 6.42. The van der Waals surface area contributed by atoms with E-state index in [1.165, 1.54) is 0 Å². The Bertz CT molecular complexity index is 403. The van der Waals surface area contributed by atoms with Crippen molar-refractivity contribution in [3.63, 3.8) is 0 Å². The highest BCUT2D eigenvalue weighted by atomic mass is 16.3. The standard InChI is InChI=1S/C14H20N2O2/c15-12-4-1-10(2-5-12)8-14(18)16-9-11-3-6-13(17)7-11/h1-2,4-5,11,13,17H,3,6-9,15H2,(H,16,18). The minimum atomic E-state index is -0.177. The van der Waals surface area contributed by atoms with E-state index < -0.39 is 0 Å². The van der Waals surface area contributed by atoms with E-state index >= 15 is 0 Å². The summed E-state index contributed by atoms with van der Waals surface area (Å²) >= 11 is 0. The number of carbonyl (C=O) groups is 1. The summed E-state index contributed by atoms with van der Waals surface area (Å²) in [5, 5.41) is 12.3. The molecule has 4 heteroatoms. The number of anilines is 1. The van der Waals surface area contributed by atoms with Crippen molar-refractivity contribution in [2.24, 2.45) is 5.92 Å². The van der Waals surface area contributed by atoms with E-state index in [2.05, 4.69) is 5.32 Å². The van der Waals surface area contributed by atoms with Crippen molar-refractivity contribution >= 4 is 11.6 Å². The van der Waals surface area contributed by atoms with Crippen molar-refractivity contribution < 1.29 is 9.90 Å². The Labute approximate surface area is 107 Å². The van der Waals surface area contributed by atoms with E-state index in [1.807, 2.05) is 12.1 Å². The van der Waals surface area contributed by atoms with Gasteiger partial charge in [0.15, 0.2) is 0 Å². The van der Waals surface area contributed by atoms with Crippen LogP contribution in [-0.4, -0.2) is 23.7 Å². The molecule has 0 bridgehead atoms. The second-order valence-corrected chi connectivity index (χ2v) is 5.06. The number of benzene rings is 1. The van der Waals surface area contributed by atoms with Crippen molar-refractivity contribution in [3.05, 3.63) is 29.8 Å². The van der Waals surface area contributed by atoms with Crippen molar-refractivity contribution in [1.29, 1.82) is 0 Å². The summed E-state index contributed by atoms with van der Waals surface area (Å²) in [5.74, 6) is 0.455. The van der Waals surface area contributed by atoms with Crippen LogP contribution in [0.15, 0.2) is 24.3 Å².